The summed E-state index contributed by atoms with van der Waals surface area (Å²) in [6, 6.07) is 22.2. The Labute approximate surface area is 171 Å². The summed E-state index contributed by atoms with van der Waals surface area (Å²) in [5.41, 5.74) is 4.22. The third-order valence-corrected chi connectivity index (χ3v) is 5.72. The first-order chi connectivity index (χ1) is 13.9. The van der Waals surface area contributed by atoms with Gasteiger partial charge in [0, 0.05) is 13.2 Å². The molecule has 1 amide bonds. The molecule has 2 N–H and O–H groups in total. The predicted octanol–water partition coefficient (Wildman–Crippen LogP) is 2.00. The summed E-state index contributed by atoms with van der Waals surface area (Å²) in [5, 5.41) is 11.5. The van der Waals surface area contributed by atoms with Crippen LogP contribution in [0.5, 0.6) is 0 Å². The predicted molar refractivity (Wildman–Crippen MR) is 118 cm³/mol. The monoisotopic (exact) mass is 382 g/mol. The summed E-state index contributed by atoms with van der Waals surface area (Å²) in [6.07, 6.45) is 1.75. The first-order valence-electron chi connectivity index (χ1n) is 9.63. The van der Waals surface area contributed by atoms with Crippen molar-refractivity contribution in [1.29, 1.82) is 5.41 Å². The van der Waals surface area contributed by atoms with Gasteiger partial charge in [-0.25, -0.2) is 0 Å². The van der Waals surface area contributed by atoms with Crippen LogP contribution in [0.3, 0.4) is 0 Å². The zero-order chi connectivity index (χ0) is 20.6. The fourth-order valence-corrected chi connectivity index (χ4v) is 4.03. The second kappa shape index (κ2) is 7.20. The summed E-state index contributed by atoms with van der Waals surface area (Å²) < 4.78 is 0. The van der Waals surface area contributed by atoms with E-state index in [-0.39, 0.29) is 11.9 Å². The van der Waals surface area contributed by atoms with E-state index in [0.29, 0.717) is 0 Å². The van der Waals surface area contributed by atoms with E-state index in [2.05, 4.69) is 34.6 Å². The van der Waals surface area contributed by atoms with Crippen molar-refractivity contribution in [3.63, 3.8) is 0 Å². The standard InChI is InChI=1S/C23H23BN4O/c1-23(18-12-13-26-19(24)14-18)20(21(29)28(2)22(25)27-23)17-10-8-16(9-11-17)15-6-4-3-5-7-15/h3-14,20H,24H2,1-2H3,(H2,25,27)/t20-,23+/m0/s1. The van der Waals surface area contributed by atoms with E-state index in [0.717, 1.165) is 27.8 Å². The van der Waals surface area contributed by atoms with Crippen LogP contribution in [0, 0.1) is 5.41 Å². The van der Waals surface area contributed by atoms with Crippen molar-refractivity contribution in [2.75, 3.05) is 7.05 Å². The van der Waals surface area contributed by atoms with Crippen LogP contribution in [0.2, 0.25) is 0 Å². The highest BCUT2D eigenvalue weighted by atomic mass is 16.2. The molecule has 0 aliphatic carbocycles. The summed E-state index contributed by atoms with van der Waals surface area (Å²) >= 11 is 0. The second-order valence-electron chi connectivity index (χ2n) is 7.68. The maximum atomic E-state index is 13.3. The van der Waals surface area contributed by atoms with Crippen LogP contribution in [0.25, 0.3) is 11.1 Å². The fourth-order valence-electron chi connectivity index (χ4n) is 4.03. The van der Waals surface area contributed by atoms with Gasteiger partial charge in [0.05, 0.1) is 11.5 Å². The molecule has 1 aromatic heterocycles. The minimum absolute atomic E-state index is 0.0989. The number of likely N-dealkylation sites (N-methyl/N-ethyl adjacent to an activating group) is 1. The van der Waals surface area contributed by atoms with E-state index in [1.165, 1.54) is 4.90 Å². The maximum absolute atomic E-state index is 13.3. The van der Waals surface area contributed by atoms with E-state index < -0.39 is 11.5 Å². The molecule has 1 aliphatic rings. The average Bonchev–Trinajstić information content (AvgIpc) is 2.73. The number of carbonyl (C=O) groups excluding carboxylic acids is 1. The van der Waals surface area contributed by atoms with E-state index in [9.17, 15) is 4.79 Å². The number of guanidine groups is 1. The summed E-state index contributed by atoms with van der Waals surface area (Å²) in [7, 11) is 3.57. The van der Waals surface area contributed by atoms with Gasteiger partial charge in [-0.1, -0.05) is 54.6 Å². The Morgan fingerprint density at radius 1 is 1.07 bits per heavy atom. The quantitative estimate of drug-likeness (QED) is 0.681. The molecular formula is C23H23BN4O. The Bertz CT molecular complexity index is 1070. The largest absolute Gasteiger partial charge is 0.346 e. The fraction of sp³-hybridized carbons (Fsp3) is 0.174. The molecule has 29 heavy (non-hydrogen) atoms. The van der Waals surface area contributed by atoms with Crippen LogP contribution in [0.1, 0.15) is 24.0 Å². The highest BCUT2D eigenvalue weighted by molar-refractivity contribution is 6.30. The molecule has 0 spiro atoms. The van der Waals surface area contributed by atoms with Gasteiger partial charge in [-0.05, 0) is 46.9 Å². The number of hydrogen-bond donors (Lipinski definition) is 2. The lowest BCUT2D eigenvalue weighted by molar-refractivity contribution is -0.131. The molecule has 5 nitrogen and oxygen atoms in total. The summed E-state index contributed by atoms with van der Waals surface area (Å²) in [6.45, 7) is 1.98. The van der Waals surface area contributed by atoms with Crippen molar-refractivity contribution in [2.45, 2.75) is 18.4 Å². The Hall–Kier alpha value is -3.41. The number of pyridine rings is 1. The van der Waals surface area contributed by atoms with Crippen LogP contribution in [0.4, 0.5) is 0 Å². The molecule has 0 unspecified atom stereocenters. The topological polar surface area (TPSA) is 69.1 Å². The SMILES string of the molecule is Bc1cc([C@@]2(C)NC(=N)N(C)C(=O)[C@@H]2c2ccc(-c3ccccc3)cc2)ccn1. The van der Waals surface area contributed by atoms with Crippen molar-refractivity contribution in [3.05, 3.63) is 84.1 Å². The van der Waals surface area contributed by atoms with Gasteiger partial charge in [-0.15, -0.1) is 0 Å². The molecule has 3 aromatic rings. The van der Waals surface area contributed by atoms with Gasteiger partial charge in [0.1, 0.15) is 0 Å². The summed E-state index contributed by atoms with van der Waals surface area (Å²) in [4.78, 5) is 19.0. The maximum Gasteiger partial charge on any atom is 0.239 e. The average molecular weight is 382 g/mol. The molecule has 1 aliphatic heterocycles. The molecule has 1 saturated heterocycles. The highest BCUT2D eigenvalue weighted by Crippen LogP contribution is 2.40. The molecule has 0 bridgehead atoms. The Morgan fingerprint density at radius 2 is 1.72 bits per heavy atom. The second-order valence-corrected chi connectivity index (χ2v) is 7.68. The van der Waals surface area contributed by atoms with Gasteiger partial charge in [0.25, 0.3) is 0 Å². The van der Waals surface area contributed by atoms with Crippen LogP contribution in [-0.2, 0) is 10.3 Å². The third kappa shape index (κ3) is 3.31. The zero-order valence-corrected chi connectivity index (χ0v) is 16.8. The number of hydrogen-bond acceptors (Lipinski definition) is 3. The van der Waals surface area contributed by atoms with Crippen molar-refractivity contribution in [1.82, 2.24) is 15.2 Å². The molecule has 144 valence electrons. The van der Waals surface area contributed by atoms with Crippen LogP contribution < -0.4 is 10.9 Å². The zero-order valence-electron chi connectivity index (χ0n) is 16.8. The molecular weight excluding hydrogens is 359 g/mol. The van der Waals surface area contributed by atoms with Gasteiger partial charge in [0.2, 0.25) is 5.91 Å². The molecule has 4 rings (SSSR count). The van der Waals surface area contributed by atoms with Gasteiger partial charge in [-0.3, -0.25) is 20.1 Å². The van der Waals surface area contributed by atoms with Crippen molar-refractivity contribution >= 4 is 25.3 Å². The van der Waals surface area contributed by atoms with E-state index in [1.807, 2.05) is 57.2 Å². The third-order valence-electron chi connectivity index (χ3n) is 5.72. The Balaban J connectivity index is 1.79. The minimum Gasteiger partial charge on any atom is -0.346 e. The van der Waals surface area contributed by atoms with Crippen molar-refractivity contribution in [2.24, 2.45) is 0 Å². The van der Waals surface area contributed by atoms with E-state index in [1.54, 1.807) is 13.2 Å². The highest BCUT2D eigenvalue weighted by Gasteiger charge is 2.48. The first kappa shape index (κ1) is 18.9. The van der Waals surface area contributed by atoms with Gasteiger partial charge < -0.3 is 5.32 Å². The molecule has 2 aromatic carbocycles. The number of nitrogens with one attached hydrogen (secondary N) is 2. The minimum atomic E-state index is -0.747. The smallest absolute Gasteiger partial charge is 0.239 e. The van der Waals surface area contributed by atoms with E-state index >= 15 is 0 Å². The number of benzene rings is 2. The van der Waals surface area contributed by atoms with Crippen LogP contribution in [0.15, 0.2) is 72.9 Å². The van der Waals surface area contributed by atoms with Gasteiger partial charge in [0.15, 0.2) is 13.8 Å². The van der Waals surface area contributed by atoms with Crippen molar-refractivity contribution in [3.8, 4) is 11.1 Å². The lowest BCUT2D eigenvalue weighted by atomic mass is 9.73. The molecule has 2 atom stereocenters. The first-order valence-corrected chi connectivity index (χ1v) is 9.63. The van der Waals surface area contributed by atoms with Gasteiger partial charge >= 0.3 is 0 Å². The number of nitrogens with zero attached hydrogens (tertiary/aromatic N) is 2. The lowest BCUT2D eigenvalue weighted by Crippen LogP contribution is -2.62. The normalized spacial score (nSPS) is 21.7. The number of amides is 1. The van der Waals surface area contributed by atoms with Crippen LogP contribution in [-0.4, -0.2) is 36.6 Å². The number of aromatic nitrogens is 1. The molecule has 0 radical (unpaired) electrons. The van der Waals surface area contributed by atoms with Gasteiger partial charge in [-0.2, -0.15) is 0 Å². The molecule has 2 heterocycles. The Kier molecular flexibility index (Phi) is 4.70. The molecule has 1 fully saturated rings. The molecule has 0 saturated carbocycles. The van der Waals surface area contributed by atoms with Crippen molar-refractivity contribution < 1.29 is 4.79 Å². The van der Waals surface area contributed by atoms with E-state index in [4.69, 9.17) is 5.41 Å². The van der Waals surface area contributed by atoms with Crippen LogP contribution >= 0.6 is 0 Å². The Morgan fingerprint density at radius 3 is 2.38 bits per heavy atom. The summed E-state index contributed by atoms with van der Waals surface area (Å²) in [5.74, 6) is -0.462. The lowest BCUT2D eigenvalue weighted by Gasteiger charge is -2.46. The molecule has 6 heteroatoms. The number of carbonyl (C=O) groups is 1. The number of rotatable bonds is 3.